The molecule has 0 aromatic heterocycles. The molecule has 1 rings (SSSR count). The third-order valence-corrected chi connectivity index (χ3v) is 3.06. The summed E-state index contributed by atoms with van der Waals surface area (Å²) >= 11 is 4.58. The summed E-state index contributed by atoms with van der Waals surface area (Å²) in [5.41, 5.74) is -2.17. The lowest BCUT2D eigenvalue weighted by Gasteiger charge is -2.13. The zero-order chi connectivity index (χ0) is 13.2. The van der Waals surface area contributed by atoms with Crippen molar-refractivity contribution in [1.29, 1.82) is 5.26 Å². The van der Waals surface area contributed by atoms with Gasteiger partial charge in [-0.2, -0.15) is 18.4 Å². The van der Waals surface area contributed by atoms with Crippen LogP contribution in [0.2, 0.25) is 0 Å². The molecule has 0 spiro atoms. The van der Waals surface area contributed by atoms with E-state index in [9.17, 15) is 18.0 Å². The van der Waals surface area contributed by atoms with Gasteiger partial charge in [0, 0.05) is 9.13 Å². The fraction of sp³-hybridized carbons (Fsp3) is 0.200. The Morgan fingerprint density at radius 2 is 2.06 bits per heavy atom. The first kappa shape index (κ1) is 14.4. The Morgan fingerprint density at radius 3 is 2.47 bits per heavy atom. The van der Waals surface area contributed by atoms with Crippen LogP contribution in [0.4, 0.5) is 13.2 Å². The highest BCUT2D eigenvalue weighted by molar-refractivity contribution is 14.1. The number of alkyl halides is 4. The van der Waals surface area contributed by atoms with E-state index >= 15 is 0 Å². The summed E-state index contributed by atoms with van der Waals surface area (Å²) in [5, 5.41) is 8.49. The van der Waals surface area contributed by atoms with Gasteiger partial charge in [-0.25, -0.2) is 0 Å². The number of nitrogens with zero attached hydrogens (tertiary/aromatic N) is 1. The molecule has 0 aliphatic heterocycles. The summed E-state index contributed by atoms with van der Waals surface area (Å²) in [6, 6.07) is 3.71. The van der Waals surface area contributed by atoms with Crippen molar-refractivity contribution >= 4 is 44.3 Å². The number of Topliss-reactive ketones (excluding diaryl/α,β-unsaturated/α-hetero) is 1. The quantitative estimate of drug-likeness (QED) is 0.417. The Hall–Kier alpha value is -0.620. The molecule has 0 saturated carbocycles. The van der Waals surface area contributed by atoms with Gasteiger partial charge in [0.05, 0.1) is 22.5 Å². The van der Waals surface area contributed by atoms with Crippen molar-refractivity contribution in [2.75, 3.05) is 5.33 Å². The van der Waals surface area contributed by atoms with Gasteiger partial charge in [0.25, 0.3) is 0 Å². The number of rotatable bonds is 2. The second kappa shape index (κ2) is 5.35. The maximum absolute atomic E-state index is 12.8. The molecule has 0 amide bonds. The SMILES string of the molecule is N#Cc1cc(I)cc(C(=O)CBr)c1C(F)(F)F. The second-order valence-electron chi connectivity index (χ2n) is 3.04. The molecule has 0 atom stereocenters. The molecule has 1 aromatic carbocycles. The van der Waals surface area contributed by atoms with Crippen LogP contribution >= 0.6 is 38.5 Å². The number of carbonyl (C=O) groups excluding carboxylic acids is 1. The van der Waals surface area contributed by atoms with Gasteiger partial charge < -0.3 is 0 Å². The van der Waals surface area contributed by atoms with Crippen molar-refractivity contribution in [2.24, 2.45) is 0 Å². The minimum atomic E-state index is -4.72. The Morgan fingerprint density at radius 1 is 1.47 bits per heavy atom. The van der Waals surface area contributed by atoms with Gasteiger partial charge in [-0.15, -0.1) is 0 Å². The number of hydrogen-bond donors (Lipinski definition) is 0. The molecule has 0 saturated heterocycles. The number of hydrogen-bond acceptors (Lipinski definition) is 2. The molecule has 0 radical (unpaired) electrons. The highest BCUT2D eigenvalue weighted by atomic mass is 127. The lowest BCUT2D eigenvalue weighted by molar-refractivity contribution is -0.138. The van der Waals surface area contributed by atoms with Crippen molar-refractivity contribution in [1.82, 2.24) is 0 Å². The first-order valence-corrected chi connectivity index (χ1v) is 6.41. The second-order valence-corrected chi connectivity index (χ2v) is 4.85. The normalized spacial score (nSPS) is 11.1. The van der Waals surface area contributed by atoms with Crippen LogP contribution in [0.15, 0.2) is 12.1 Å². The molecular formula is C10H4BrF3INO. The van der Waals surface area contributed by atoms with Gasteiger partial charge in [-0.3, -0.25) is 4.79 Å². The molecular weight excluding hydrogens is 414 g/mol. The number of nitriles is 1. The summed E-state index contributed by atoms with van der Waals surface area (Å²) in [6.07, 6.45) is -4.72. The summed E-state index contributed by atoms with van der Waals surface area (Å²) in [5.74, 6) is -0.702. The minimum absolute atomic E-state index is 0.221. The smallest absolute Gasteiger partial charge is 0.293 e. The fourth-order valence-electron chi connectivity index (χ4n) is 1.29. The van der Waals surface area contributed by atoms with Crippen molar-refractivity contribution in [3.63, 3.8) is 0 Å². The van der Waals surface area contributed by atoms with Gasteiger partial charge in [-0.1, -0.05) is 15.9 Å². The van der Waals surface area contributed by atoms with Crippen molar-refractivity contribution in [2.45, 2.75) is 6.18 Å². The van der Waals surface area contributed by atoms with E-state index in [1.165, 1.54) is 6.07 Å². The molecule has 0 fully saturated rings. The maximum Gasteiger partial charge on any atom is 0.418 e. The van der Waals surface area contributed by atoms with Crippen LogP contribution in [0.5, 0.6) is 0 Å². The molecule has 0 bridgehead atoms. The zero-order valence-corrected chi connectivity index (χ0v) is 11.9. The molecule has 0 heterocycles. The van der Waals surface area contributed by atoms with Gasteiger partial charge in [-0.05, 0) is 34.7 Å². The van der Waals surface area contributed by atoms with Crippen LogP contribution in [0, 0.1) is 14.9 Å². The summed E-state index contributed by atoms with van der Waals surface area (Å²) in [4.78, 5) is 11.4. The molecule has 0 unspecified atom stereocenters. The summed E-state index contributed by atoms with van der Waals surface area (Å²) < 4.78 is 38.8. The van der Waals surface area contributed by atoms with Crippen LogP contribution in [0.1, 0.15) is 21.5 Å². The predicted molar refractivity (Wildman–Crippen MR) is 67.0 cm³/mol. The molecule has 17 heavy (non-hydrogen) atoms. The van der Waals surface area contributed by atoms with Crippen LogP contribution in [-0.4, -0.2) is 11.1 Å². The Labute approximate surface area is 117 Å². The molecule has 0 aliphatic carbocycles. The van der Waals surface area contributed by atoms with Gasteiger partial charge in [0.15, 0.2) is 5.78 Å². The number of ketones is 1. The minimum Gasteiger partial charge on any atom is -0.293 e. The monoisotopic (exact) mass is 417 g/mol. The van der Waals surface area contributed by atoms with E-state index in [2.05, 4.69) is 15.9 Å². The lowest BCUT2D eigenvalue weighted by Crippen LogP contribution is -2.16. The number of halogens is 5. The molecule has 90 valence electrons. The van der Waals surface area contributed by atoms with E-state index in [1.54, 1.807) is 22.6 Å². The largest absolute Gasteiger partial charge is 0.418 e. The summed E-state index contributed by atoms with van der Waals surface area (Å²) in [6.45, 7) is 0. The Kier molecular flexibility index (Phi) is 4.55. The van der Waals surface area contributed by atoms with Crippen LogP contribution in [-0.2, 0) is 6.18 Å². The van der Waals surface area contributed by atoms with Gasteiger partial charge >= 0.3 is 6.18 Å². The van der Waals surface area contributed by atoms with E-state index in [-0.39, 0.29) is 5.33 Å². The van der Waals surface area contributed by atoms with Crippen molar-refractivity contribution in [3.05, 3.63) is 32.4 Å². The molecule has 7 heteroatoms. The fourth-order valence-corrected chi connectivity index (χ4v) is 2.22. The van der Waals surface area contributed by atoms with Crippen molar-refractivity contribution in [3.8, 4) is 6.07 Å². The Balaban J connectivity index is 3.63. The molecule has 0 aliphatic rings. The topological polar surface area (TPSA) is 40.9 Å². The van der Waals surface area contributed by atoms with E-state index < -0.39 is 28.6 Å². The van der Waals surface area contributed by atoms with E-state index in [0.717, 1.165) is 12.1 Å². The highest BCUT2D eigenvalue weighted by Crippen LogP contribution is 2.36. The molecule has 2 nitrogen and oxygen atoms in total. The third kappa shape index (κ3) is 3.19. The highest BCUT2D eigenvalue weighted by Gasteiger charge is 2.38. The Bertz CT molecular complexity index is 507. The average Bonchev–Trinajstić information content (AvgIpc) is 2.24. The number of carbonyl (C=O) groups is 1. The van der Waals surface area contributed by atoms with Crippen molar-refractivity contribution < 1.29 is 18.0 Å². The predicted octanol–water partition coefficient (Wildman–Crippen LogP) is 3.76. The van der Waals surface area contributed by atoms with Crippen LogP contribution < -0.4 is 0 Å². The first-order valence-electron chi connectivity index (χ1n) is 4.21. The van der Waals surface area contributed by atoms with Gasteiger partial charge in [0.1, 0.15) is 0 Å². The molecule has 1 aromatic rings. The standard InChI is InChI=1S/C10H4BrF3INO/c11-3-8(17)7-2-6(15)1-5(4-16)9(7)10(12,13)14/h1-2H,3H2. The van der Waals surface area contributed by atoms with E-state index in [4.69, 9.17) is 5.26 Å². The van der Waals surface area contributed by atoms with E-state index in [1.807, 2.05) is 0 Å². The van der Waals surface area contributed by atoms with Crippen LogP contribution in [0.3, 0.4) is 0 Å². The first-order chi connectivity index (χ1) is 7.81. The lowest BCUT2D eigenvalue weighted by atomic mass is 9.99. The average molecular weight is 418 g/mol. The van der Waals surface area contributed by atoms with E-state index in [0.29, 0.717) is 3.57 Å². The zero-order valence-electron chi connectivity index (χ0n) is 8.11. The maximum atomic E-state index is 12.8. The number of benzene rings is 1. The van der Waals surface area contributed by atoms with Crippen LogP contribution in [0.25, 0.3) is 0 Å². The summed E-state index contributed by atoms with van der Waals surface area (Å²) in [7, 11) is 0. The van der Waals surface area contributed by atoms with Gasteiger partial charge in [0.2, 0.25) is 0 Å². The molecule has 0 N–H and O–H groups in total. The third-order valence-electron chi connectivity index (χ3n) is 1.93.